The molecule has 33 heavy (non-hydrogen) atoms. The van der Waals surface area contributed by atoms with Crippen LogP contribution in [0.25, 0.3) is 0 Å². The number of halogens is 1. The minimum Gasteiger partial charge on any atom is -0.348 e. The lowest BCUT2D eigenvalue weighted by atomic mass is 9.92. The normalized spacial score (nSPS) is 22.8. The summed E-state index contributed by atoms with van der Waals surface area (Å²) in [4.78, 5) is 36.4. The van der Waals surface area contributed by atoms with Crippen LogP contribution in [0.3, 0.4) is 0 Å². The van der Waals surface area contributed by atoms with Crippen molar-refractivity contribution in [3.05, 3.63) is 11.6 Å². The van der Waals surface area contributed by atoms with Gasteiger partial charge in [-0.25, -0.2) is 15.0 Å². The summed E-state index contributed by atoms with van der Waals surface area (Å²) in [5.41, 5.74) is 5.14. The Morgan fingerprint density at radius 2 is 1.97 bits per heavy atom. The van der Waals surface area contributed by atoms with E-state index in [0.717, 1.165) is 32.2 Å². The standard InChI is InChI=1S/C22H36FN7O3/c1-14-15(2)30(10-9-28(14)4)21-19(23)20(24-16(3)25-21)26-27-22(32)18(12-29(33)13-31)11-17-7-5-6-8-17/h13-15,17-18,33H,5-12H2,1-4H3,(H,27,32)(H,24,25,26)/t14-,15+,18-/m0/s1. The van der Waals surface area contributed by atoms with Gasteiger partial charge in [0.25, 0.3) is 0 Å². The number of aromatic nitrogens is 2. The summed E-state index contributed by atoms with van der Waals surface area (Å²) in [6.45, 7) is 7.09. The second-order valence-electron chi connectivity index (χ2n) is 9.34. The molecule has 2 amide bonds. The quantitative estimate of drug-likeness (QED) is 0.288. The topological polar surface area (TPSA) is 114 Å². The van der Waals surface area contributed by atoms with Crippen molar-refractivity contribution in [1.29, 1.82) is 0 Å². The first-order valence-electron chi connectivity index (χ1n) is 11.7. The van der Waals surface area contributed by atoms with E-state index in [0.29, 0.717) is 29.8 Å². The third-order valence-electron chi connectivity index (χ3n) is 7.09. The van der Waals surface area contributed by atoms with E-state index >= 15 is 4.39 Å². The lowest BCUT2D eigenvalue weighted by molar-refractivity contribution is -0.154. The SMILES string of the molecule is Cc1nc(NNC(=O)[C@@H](CC2CCCC2)CN(O)C=O)c(F)c(N2CCN(C)[C@@H](C)[C@H]2C)n1. The minimum atomic E-state index is -0.631. The van der Waals surface area contributed by atoms with Gasteiger partial charge in [-0.1, -0.05) is 25.7 Å². The molecule has 1 aromatic rings. The Bertz CT molecular complexity index is 836. The second-order valence-corrected chi connectivity index (χ2v) is 9.34. The monoisotopic (exact) mass is 465 g/mol. The first kappa shape index (κ1) is 25.1. The fourth-order valence-electron chi connectivity index (χ4n) is 4.82. The van der Waals surface area contributed by atoms with Crippen LogP contribution in [0, 0.1) is 24.6 Å². The number of hydroxylamine groups is 2. The van der Waals surface area contributed by atoms with Crippen LogP contribution >= 0.6 is 0 Å². The van der Waals surface area contributed by atoms with Gasteiger partial charge in [0.05, 0.1) is 12.5 Å². The van der Waals surface area contributed by atoms with Gasteiger partial charge in [0.1, 0.15) is 5.82 Å². The predicted octanol–water partition coefficient (Wildman–Crippen LogP) is 1.94. The molecule has 3 N–H and O–H groups in total. The van der Waals surface area contributed by atoms with Crippen LogP contribution in [0.4, 0.5) is 16.0 Å². The molecule has 1 aliphatic heterocycles. The van der Waals surface area contributed by atoms with Crippen LogP contribution < -0.4 is 15.8 Å². The zero-order valence-corrected chi connectivity index (χ0v) is 19.9. The number of likely N-dealkylation sites (N-methyl/N-ethyl adjacent to an activating group) is 1. The number of carbonyl (C=O) groups is 2. The van der Waals surface area contributed by atoms with Gasteiger partial charge in [-0.3, -0.25) is 30.5 Å². The molecule has 1 saturated heterocycles. The van der Waals surface area contributed by atoms with Crippen molar-refractivity contribution in [2.75, 3.05) is 37.0 Å². The molecule has 11 heteroatoms. The van der Waals surface area contributed by atoms with Crippen LogP contribution in [0.1, 0.15) is 51.8 Å². The zero-order valence-electron chi connectivity index (χ0n) is 19.9. The van der Waals surface area contributed by atoms with Gasteiger partial charge in [-0.15, -0.1) is 0 Å². The number of rotatable bonds is 9. The van der Waals surface area contributed by atoms with E-state index in [1.54, 1.807) is 6.92 Å². The van der Waals surface area contributed by atoms with Gasteiger partial charge in [0.2, 0.25) is 18.1 Å². The van der Waals surface area contributed by atoms with E-state index in [1.807, 2.05) is 18.9 Å². The molecule has 1 aliphatic carbocycles. The van der Waals surface area contributed by atoms with Crippen molar-refractivity contribution in [3.8, 4) is 0 Å². The number of nitrogens with one attached hydrogen (secondary N) is 2. The molecule has 1 saturated carbocycles. The number of hydrogen-bond donors (Lipinski definition) is 3. The maximum Gasteiger partial charge on any atom is 0.243 e. The molecule has 10 nitrogen and oxygen atoms in total. The van der Waals surface area contributed by atoms with Crippen LogP contribution in [-0.4, -0.2) is 76.2 Å². The van der Waals surface area contributed by atoms with Crippen LogP contribution in [-0.2, 0) is 9.59 Å². The molecule has 2 fully saturated rings. The molecule has 0 radical (unpaired) electrons. The van der Waals surface area contributed by atoms with E-state index in [-0.39, 0.29) is 36.7 Å². The fourth-order valence-corrected chi connectivity index (χ4v) is 4.82. The van der Waals surface area contributed by atoms with Gasteiger partial charge < -0.3 is 4.90 Å². The summed E-state index contributed by atoms with van der Waals surface area (Å²) < 4.78 is 15.4. The molecular formula is C22H36FN7O3. The maximum absolute atomic E-state index is 15.4. The Labute approximate surface area is 194 Å². The van der Waals surface area contributed by atoms with E-state index in [2.05, 4.69) is 32.6 Å². The van der Waals surface area contributed by atoms with Crippen molar-refractivity contribution >= 4 is 24.0 Å². The summed E-state index contributed by atoms with van der Waals surface area (Å²) in [5.74, 6) is -0.842. The molecule has 2 aliphatic rings. The Morgan fingerprint density at radius 1 is 1.27 bits per heavy atom. The molecule has 3 atom stereocenters. The number of amides is 2. The minimum absolute atomic E-state index is 0.0460. The molecular weight excluding hydrogens is 429 g/mol. The van der Waals surface area contributed by atoms with Gasteiger partial charge in [-0.2, -0.15) is 4.39 Å². The number of hydrogen-bond acceptors (Lipinski definition) is 8. The number of nitrogens with zero attached hydrogens (tertiary/aromatic N) is 5. The first-order chi connectivity index (χ1) is 15.7. The number of anilines is 2. The second kappa shape index (κ2) is 11.1. The molecule has 0 bridgehead atoms. The largest absolute Gasteiger partial charge is 0.348 e. The molecule has 184 valence electrons. The average molecular weight is 466 g/mol. The molecule has 0 spiro atoms. The van der Waals surface area contributed by atoms with Gasteiger partial charge in [0.15, 0.2) is 11.6 Å². The summed E-state index contributed by atoms with van der Waals surface area (Å²) in [6, 6.07) is 0.268. The number of aryl methyl sites for hydroxylation is 1. The molecule has 0 aromatic carbocycles. The highest BCUT2D eigenvalue weighted by atomic mass is 19.1. The number of carbonyl (C=O) groups excluding carboxylic acids is 2. The summed E-state index contributed by atoms with van der Waals surface area (Å²) in [7, 11) is 2.04. The van der Waals surface area contributed by atoms with Crippen LogP contribution in [0.15, 0.2) is 0 Å². The van der Waals surface area contributed by atoms with Crippen molar-refractivity contribution in [2.45, 2.75) is 65.0 Å². The first-order valence-corrected chi connectivity index (χ1v) is 11.7. The van der Waals surface area contributed by atoms with E-state index < -0.39 is 17.6 Å². The zero-order chi connectivity index (χ0) is 24.1. The lowest BCUT2D eigenvalue weighted by Crippen LogP contribution is -2.56. The highest BCUT2D eigenvalue weighted by molar-refractivity contribution is 5.80. The molecule has 3 rings (SSSR count). The summed E-state index contributed by atoms with van der Waals surface area (Å²) in [6.07, 6.45) is 5.10. The van der Waals surface area contributed by atoms with E-state index in [9.17, 15) is 14.8 Å². The van der Waals surface area contributed by atoms with Gasteiger partial charge >= 0.3 is 0 Å². The van der Waals surface area contributed by atoms with E-state index in [4.69, 9.17) is 0 Å². The van der Waals surface area contributed by atoms with Gasteiger partial charge in [0, 0.05) is 25.2 Å². The molecule has 2 heterocycles. The van der Waals surface area contributed by atoms with Crippen LogP contribution in [0.5, 0.6) is 0 Å². The predicted molar refractivity (Wildman–Crippen MR) is 122 cm³/mol. The van der Waals surface area contributed by atoms with Crippen molar-refractivity contribution in [2.24, 2.45) is 11.8 Å². The highest BCUT2D eigenvalue weighted by Crippen LogP contribution is 2.31. The third-order valence-corrected chi connectivity index (χ3v) is 7.09. The smallest absolute Gasteiger partial charge is 0.243 e. The van der Waals surface area contributed by atoms with Gasteiger partial charge in [-0.05, 0) is 40.2 Å². The van der Waals surface area contributed by atoms with Crippen molar-refractivity contribution in [3.63, 3.8) is 0 Å². The van der Waals surface area contributed by atoms with Crippen molar-refractivity contribution < 1.29 is 19.2 Å². The average Bonchev–Trinajstić information content (AvgIpc) is 3.30. The summed E-state index contributed by atoms with van der Waals surface area (Å²) in [5, 5.41) is 10.1. The fraction of sp³-hybridized carbons (Fsp3) is 0.727. The summed E-state index contributed by atoms with van der Waals surface area (Å²) >= 11 is 0. The Balaban J connectivity index is 1.72. The number of hydrazine groups is 1. The highest BCUT2D eigenvalue weighted by Gasteiger charge is 2.32. The van der Waals surface area contributed by atoms with Crippen LogP contribution in [0.2, 0.25) is 0 Å². The maximum atomic E-state index is 15.4. The lowest BCUT2D eigenvalue weighted by Gasteiger charge is -2.44. The van der Waals surface area contributed by atoms with E-state index in [1.165, 1.54) is 0 Å². The molecule has 1 aromatic heterocycles. The molecule has 0 unspecified atom stereocenters. The number of piperazine rings is 1. The Hall–Kier alpha value is -2.53. The Morgan fingerprint density at radius 3 is 2.64 bits per heavy atom. The third kappa shape index (κ3) is 6.08. The Kier molecular flexibility index (Phi) is 8.41. The van der Waals surface area contributed by atoms with Crippen molar-refractivity contribution in [1.82, 2.24) is 25.4 Å².